The van der Waals surface area contributed by atoms with E-state index in [2.05, 4.69) is 30.9 Å². The van der Waals surface area contributed by atoms with Gasteiger partial charge in [0.05, 0.1) is 12.4 Å². The normalized spacial score (nSPS) is 14.9. The molecule has 0 bridgehead atoms. The minimum atomic E-state index is -1.17. The summed E-state index contributed by atoms with van der Waals surface area (Å²) in [7, 11) is 0. The van der Waals surface area contributed by atoms with Crippen LogP contribution in [0.15, 0.2) is 43.0 Å². The average Bonchev–Trinajstić information content (AvgIpc) is 3.64. The highest BCUT2D eigenvalue weighted by atomic mass is 16.4. The van der Waals surface area contributed by atoms with Crippen molar-refractivity contribution in [2.24, 2.45) is 17.4 Å². The Morgan fingerprint density at radius 3 is 2.33 bits per heavy atom. The Morgan fingerprint density at radius 1 is 0.976 bits per heavy atom. The molecule has 5 unspecified atom stereocenters. The number of imidazole rings is 1. The number of carboxylic acids is 1. The highest BCUT2D eigenvalue weighted by Crippen LogP contribution is 2.19. The van der Waals surface area contributed by atoms with Gasteiger partial charge in [0.1, 0.15) is 18.1 Å². The highest BCUT2D eigenvalue weighted by Gasteiger charge is 2.32. The quantitative estimate of drug-likeness (QED) is 0.106. The van der Waals surface area contributed by atoms with Gasteiger partial charge in [0.15, 0.2) is 0 Å². The van der Waals surface area contributed by atoms with E-state index in [4.69, 9.17) is 11.5 Å². The minimum absolute atomic E-state index is 0.0246. The van der Waals surface area contributed by atoms with Gasteiger partial charge in [0, 0.05) is 41.8 Å². The number of carbonyl (C=O) groups excluding carboxylic acids is 3. The Bertz CT molecular complexity index is 1320. The predicted molar refractivity (Wildman–Crippen MR) is 158 cm³/mol. The van der Waals surface area contributed by atoms with Gasteiger partial charge in [-0.3, -0.25) is 14.4 Å². The number of unbranched alkanes of at least 4 members (excludes halogenated alkanes) is 1. The molecule has 10 N–H and O–H groups in total. The Labute approximate surface area is 244 Å². The van der Waals surface area contributed by atoms with Crippen molar-refractivity contribution in [3.63, 3.8) is 0 Å². The van der Waals surface area contributed by atoms with Gasteiger partial charge in [0.2, 0.25) is 17.7 Å². The molecule has 0 aliphatic carbocycles. The molecule has 0 fully saturated rings. The van der Waals surface area contributed by atoms with Gasteiger partial charge in [-0.15, -0.1) is 0 Å². The Kier molecular flexibility index (Phi) is 12.1. The fourth-order valence-corrected chi connectivity index (χ4v) is 4.68. The van der Waals surface area contributed by atoms with Crippen molar-refractivity contribution in [2.75, 3.05) is 6.54 Å². The molecule has 42 heavy (non-hydrogen) atoms. The van der Waals surface area contributed by atoms with Crippen LogP contribution in [-0.4, -0.2) is 74.5 Å². The van der Waals surface area contributed by atoms with Gasteiger partial charge in [-0.1, -0.05) is 44.9 Å². The summed E-state index contributed by atoms with van der Waals surface area (Å²) in [6, 6.07) is 3.37. The molecule has 2 heterocycles. The number of fused-ring (bicyclic) bond motifs is 1. The summed E-state index contributed by atoms with van der Waals surface area (Å²) in [6.45, 7) is 4.04. The van der Waals surface area contributed by atoms with Crippen LogP contribution < -0.4 is 27.4 Å². The van der Waals surface area contributed by atoms with Gasteiger partial charge in [-0.2, -0.15) is 0 Å². The SMILES string of the molecule is CCC(C)C(NC(=O)C(Cc1cnc[nH]1)NC(=O)C(Cc1c[nH]c2ccccc12)NC(=O)C(N)CCCCN)C(=O)O. The number of hydrogen-bond acceptors (Lipinski definition) is 7. The number of aliphatic carboxylic acids is 1. The van der Waals surface area contributed by atoms with E-state index in [-0.39, 0.29) is 18.8 Å². The van der Waals surface area contributed by atoms with E-state index < -0.39 is 47.9 Å². The number of nitrogens with one attached hydrogen (secondary N) is 5. The molecule has 0 radical (unpaired) electrons. The van der Waals surface area contributed by atoms with Gasteiger partial charge in [-0.05, 0) is 36.9 Å². The van der Waals surface area contributed by atoms with Crippen LogP contribution in [0.5, 0.6) is 0 Å². The summed E-state index contributed by atoms with van der Waals surface area (Å²) < 4.78 is 0. The molecule has 228 valence electrons. The van der Waals surface area contributed by atoms with Crippen molar-refractivity contribution in [3.05, 3.63) is 54.2 Å². The molecule has 13 nitrogen and oxygen atoms in total. The third kappa shape index (κ3) is 8.88. The van der Waals surface area contributed by atoms with Crippen LogP contribution in [0.1, 0.15) is 50.8 Å². The second kappa shape index (κ2) is 15.7. The van der Waals surface area contributed by atoms with Crippen LogP contribution in [0.3, 0.4) is 0 Å². The molecule has 5 atom stereocenters. The van der Waals surface area contributed by atoms with Crippen molar-refractivity contribution >= 4 is 34.6 Å². The summed E-state index contributed by atoms with van der Waals surface area (Å²) >= 11 is 0. The van der Waals surface area contributed by atoms with E-state index in [9.17, 15) is 24.3 Å². The number of H-pyrrole nitrogens is 2. The van der Waals surface area contributed by atoms with Gasteiger partial charge in [-0.25, -0.2) is 9.78 Å². The summed E-state index contributed by atoms with van der Waals surface area (Å²) in [5.74, 6) is -3.29. The molecule has 3 amide bonds. The van der Waals surface area contributed by atoms with Gasteiger partial charge < -0.3 is 42.5 Å². The topological polar surface area (TPSA) is 221 Å². The molecule has 0 saturated heterocycles. The number of carboxylic acid groups (broad SMARTS) is 1. The number of aromatic amines is 2. The maximum atomic E-state index is 13.8. The second-order valence-corrected chi connectivity index (χ2v) is 10.6. The van der Waals surface area contributed by atoms with Crippen LogP contribution >= 0.6 is 0 Å². The standard InChI is InChI=1S/C29H42N8O5/c1-3-17(2)25(29(41)42)37-28(40)24(13-19-15-32-16-34-19)36-27(39)23(35-26(38)21(31)9-6-7-11-30)12-18-14-33-22-10-5-4-8-20(18)22/h4-5,8,10,14-17,21,23-25,33H,3,6-7,9,11-13,30-31H2,1-2H3,(H,32,34)(H,35,38)(H,36,39)(H,37,40)(H,41,42). The first-order valence-corrected chi connectivity index (χ1v) is 14.3. The number of para-hydroxylation sites is 1. The fraction of sp³-hybridized carbons (Fsp3) is 0.483. The highest BCUT2D eigenvalue weighted by molar-refractivity contribution is 5.95. The van der Waals surface area contributed by atoms with E-state index >= 15 is 0 Å². The summed E-state index contributed by atoms with van der Waals surface area (Å²) in [5.41, 5.74) is 13.9. The first-order valence-electron chi connectivity index (χ1n) is 14.3. The van der Waals surface area contributed by atoms with E-state index in [1.807, 2.05) is 31.2 Å². The molecule has 0 saturated carbocycles. The number of aromatic nitrogens is 3. The van der Waals surface area contributed by atoms with E-state index in [0.717, 1.165) is 22.9 Å². The lowest BCUT2D eigenvalue weighted by molar-refractivity contribution is -0.143. The van der Waals surface area contributed by atoms with Crippen molar-refractivity contribution < 1.29 is 24.3 Å². The first kappa shape index (κ1) is 32.3. The monoisotopic (exact) mass is 582 g/mol. The number of benzene rings is 1. The van der Waals surface area contributed by atoms with Gasteiger partial charge in [0.25, 0.3) is 0 Å². The Balaban J connectivity index is 1.86. The zero-order valence-electron chi connectivity index (χ0n) is 24.1. The molecule has 0 aliphatic rings. The molecule has 13 heteroatoms. The number of hydrogen-bond donors (Lipinski definition) is 8. The second-order valence-electron chi connectivity index (χ2n) is 10.6. The average molecular weight is 583 g/mol. The first-order chi connectivity index (χ1) is 20.1. The lowest BCUT2D eigenvalue weighted by atomic mass is 9.98. The largest absolute Gasteiger partial charge is 0.480 e. The molecule has 0 aliphatic heterocycles. The van der Waals surface area contributed by atoms with Gasteiger partial charge >= 0.3 is 5.97 Å². The molecule has 3 rings (SSSR count). The molecule has 1 aromatic carbocycles. The molecular weight excluding hydrogens is 540 g/mol. The van der Waals surface area contributed by atoms with Crippen LogP contribution in [0.4, 0.5) is 0 Å². The summed E-state index contributed by atoms with van der Waals surface area (Å²) in [6.07, 6.45) is 7.20. The van der Waals surface area contributed by atoms with Crippen molar-refractivity contribution in [2.45, 2.75) is 76.5 Å². The van der Waals surface area contributed by atoms with Crippen LogP contribution in [0.2, 0.25) is 0 Å². The number of nitrogens with two attached hydrogens (primary N) is 2. The van der Waals surface area contributed by atoms with Crippen molar-refractivity contribution in [3.8, 4) is 0 Å². The zero-order chi connectivity index (χ0) is 30.6. The Hall–Kier alpha value is -4.23. The third-order valence-corrected chi connectivity index (χ3v) is 7.43. The predicted octanol–water partition coefficient (Wildman–Crippen LogP) is 0.718. The lowest BCUT2D eigenvalue weighted by Crippen LogP contribution is -2.58. The fourth-order valence-electron chi connectivity index (χ4n) is 4.68. The maximum Gasteiger partial charge on any atom is 0.326 e. The van der Waals surface area contributed by atoms with Crippen molar-refractivity contribution in [1.82, 2.24) is 30.9 Å². The van der Waals surface area contributed by atoms with Crippen LogP contribution in [0.25, 0.3) is 10.9 Å². The van der Waals surface area contributed by atoms with Crippen LogP contribution in [0, 0.1) is 5.92 Å². The number of rotatable bonds is 17. The molecule has 3 aromatic rings. The molecular formula is C29H42N8O5. The molecule has 2 aromatic heterocycles. The molecule has 0 spiro atoms. The Morgan fingerprint density at radius 2 is 1.67 bits per heavy atom. The lowest BCUT2D eigenvalue weighted by Gasteiger charge is -2.26. The summed E-state index contributed by atoms with van der Waals surface area (Å²) in [4.78, 5) is 62.1. The number of amides is 3. The maximum absolute atomic E-state index is 13.8. The van der Waals surface area contributed by atoms with Crippen LogP contribution in [-0.2, 0) is 32.0 Å². The zero-order valence-corrected chi connectivity index (χ0v) is 24.1. The van der Waals surface area contributed by atoms with E-state index in [1.165, 1.54) is 12.5 Å². The number of nitrogens with zero attached hydrogens (tertiary/aromatic N) is 1. The van der Waals surface area contributed by atoms with E-state index in [1.54, 1.807) is 13.1 Å². The van der Waals surface area contributed by atoms with Crippen molar-refractivity contribution in [1.29, 1.82) is 0 Å². The minimum Gasteiger partial charge on any atom is -0.480 e. The number of carbonyl (C=O) groups is 4. The third-order valence-electron chi connectivity index (χ3n) is 7.43. The summed E-state index contributed by atoms with van der Waals surface area (Å²) in [5, 5.41) is 18.7. The van der Waals surface area contributed by atoms with E-state index in [0.29, 0.717) is 31.5 Å². The smallest absolute Gasteiger partial charge is 0.326 e.